The van der Waals surface area contributed by atoms with E-state index in [0.29, 0.717) is 17.9 Å². The van der Waals surface area contributed by atoms with E-state index in [4.69, 9.17) is 11.5 Å². The Morgan fingerprint density at radius 2 is 1.61 bits per heavy atom. The lowest BCUT2D eigenvalue weighted by Crippen LogP contribution is -2.33. The summed E-state index contributed by atoms with van der Waals surface area (Å²) >= 11 is 0. The molecule has 33 heavy (non-hydrogen) atoms. The van der Waals surface area contributed by atoms with Gasteiger partial charge in [-0.2, -0.15) is 0 Å². The van der Waals surface area contributed by atoms with Crippen LogP contribution >= 0.6 is 0 Å². The maximum atomic E-state index is 5.35. The molecule has 1 aliphatic rings. The van der Waals surface area contributed by atoms with Gasteiger partial charge in [0.2, 0.25) is 0 Å². The van der Waals surface area contributed by atoms with Crippen LogP contribution in [0.5, 0.6) is 0 Å². The van der Waals surface area contributed by atoms with Gasteiger partial charge in [-0.1, -0.05) is 97.2 Å². The zero-order valence-electron chi connectivity index (χ0n) is 23.4. The van der Waals surface area contributed by atoms with Crippen LogP contribution < -0.4 is 11.5 Å². The summed E-state index contributed by atoms with van der Waals surface area (Å²) in [6.45, 7) is 21.4. The van der Waals surface area contributed by atoms with Crippen LogP contribution in [0.1, 0.15) is 124 Å². The molecule has 0 aromatic heterocycles. The van der Waals surface area contributed by atoms with Gasteiger partial charge in [0.15, 0.2) is 0 Å². The van der Waals surface area contributed by atoms with Crippen LogP contribution in [0.2, 0.25) is 0 Å². The highest BCUT2D eigenvalue weighted by atomic mass is 14.7. The summed E-state index contributed by atoms with van der Waals surface area (Å²) in [5, 5.41) is 0. The minimum atomic E-state index is 0.213. The minimum Gasteiger partial charge on any atom is -0.329 e. The van der Waals surface area contributed by atoms with E-state index >= 15 is 0 Å². The average Bonchev–Trinajstić information content (AvgIpc) is 2.80. The summed E-state index contributed by atoms with van der Waals surface area (Å²) < 4.78 is 0. The van der Waals surface area contributed by atoms with Crippen molar-refractivity contribution in [3.8, 4) is 0 Å². The SMILES string of the molecule is C/C=C(\C=C(/C)C(CC)CCCC)c1ccc2c(c1)C(C)(C)CCC2(C)C.CCC(N)CN. The molecule has 188 valence electrons. The maximum absolute atomic E-state index is 5.35. The van der Waals surface area contributed by atoms with E-state index < -0.39 is 0 Å². The van der Waals surface area contributed by atoms with E-state index in [2.05, 4.69) is 85.7 Å². The molecule has 2 atom stereocenters. The zero-order chi connectivity index (χ0) is 25.2. The lowest BCUT2D eigenvalue weighted by molar-refractivity contribution is 0.332. The molecule has 0 spiro atoms. The minimum absolute atomic E-state index is 0.213. The number of hydrogen-bond acceptors (Lipinski definition) is 2. The number of allylic oxidation sites excluding steroid dienone is 4. The highest BCUT2D eigenvalue weighted by Gasteiger charge is 2.36. The Kier molecular flexibility index (Phi) is 12.1. The number of benzene rings is 1. The maximum Gasteiger partial charge on any atom is 0.0160 e. The summed E-state index contributed by atoms with van der Waals surface area (Å²) in [4.78, 5) is 0. The van der Waals surface area contributed by atoms with E-state index in [0.717, 1.165) is 6.42 Å². The molecule has 4 N–H and O–H groups in total. The summed E-state index contributed by atoms with van der Waals surface area (Å²) in [7, 11) is 0. The van der Waals surface area contributed by atoms with Crippen LogP contribution in [-0.4, -0.2) is 12.6 Å². The van der Waals surface area contributed by atoms with E-state index in [9.17, 15) is 0 Å². The molecule has 0 radical (unpaired) electrons. The third kappa shape index (κ3) is 8.41. The molecule has 1 aliphatic carbocycles. The smallest absolute Gasteiger partial charge is 0.0160 e. The van der Waals surface area contributed by atoms with Gasteiger partial charge in [-0.05, 0) is 85.0 Å². The van der Waals surface area contributed by atoms with Gasteiger partial charge in [0, 0.05) is 12.6 Å². The molecule has 0 aliphatic heterocycles. The fraction of sp³-hybridized carbons (Fsp3) is 0.677. The van der Waals surface area contributed by atoms with Crippen molar-refractivity contribution in [1.29, 1.82) is 0 Å². The van der Waals surface area contributed by atoms with Gasteiger partial charge in [-0.3, -0.25) is 0 Å². The van der Waals surface area contributed by atoms with Crippen molar-refractivity contribution >= 4 is 5.57 Å². The fourth-order valence-corrected chi connectivity index (χ4v) is 4.84. The molecule has 2 heteroatoms. The van der Waals surface area contributed by atoms with Gasteiger partial charge in [-0.15, -0.1) is 0 Å². The fourth-order valence-electron chi connectivity index (χ4n) is 4.84. The molecule has 0 heterocycles. The van der Waals surface area contributed by atoms with E-state index in [1.165, 1.54) is 55.2 Å². The van der Waals surface area contributed by atoms with Gasteiger partial charge < -0.3 is 11.5 Å². The molecule has 0 saturated carbocycles. The molecule has 2 rings (SSSR count). The molecule has 0 amide bonds. The molecule has 0 bridgehead atoms. The Morgan fingerprint density at radius 1 is 1.00 bits per heavy atom. The number of unbranched alkanes of at least 4 members (excludes halogenated alkanes) is 1. The van der Waals surface area contributed by atoms with Crippen LogP contribution in [0.25, 0.3) is 5.57 Å². The Hall–Kier alpha value is -1.38. The van der Waals surface area contributed by atoms with Crippen molar-refractivity contribution in [2.24, 2.45) is 17.4 Å². The first-order valence-corrected chi connectivity index (χ1v) is 13.4. The number of rotatable bonds is 9. The standard InChI is InChI=1S/C27H42.C4H12N2/c1-9-12-13-21(10-2)20(4)18-22(11-3)23-14-15-24-25(19-23)27(7,8)17-16-26(24,5)6;1-2-4(6)3-5/h11,14-15,18-19,21H,9-10,12-13,16-17H2,1-8H3;4H,2-3,5-6H2,1H3/b20-18+,22-11+;. The van der Waals surface area contributed by atoms with Gasteiger partial charge in [0.1, 0.15) is 0 Å². The molecule has 1 aromatic carbocycles. The van der Waals surface area contributed by atoms with E-state index in [1.54, 1.807) is 11.1 Å². The molecule has 1 aromatic rings. The topological polar surface area (TPSA) is 52.0 Å². The zero-order valence-corrected chi connectivity index (χ0v) is 23.4. The Morgan fingerprint density at radius 3 is 2.06 bits per heavy atom. The van der Waals surface area contributed by atoms with Crippen molar-refractivity contribution in [3.63, 3.8) is 0 Å². The molecule has 2 unspecified atom stereocenters. The number of nitrogens with two attached hydrogens (primary N) is 2. The van der Waals surface area contributed by atoms with Gasteiger partial charge in [0.25, 0.3) is 0 Å². The number of fused-ring (bicyclic) bond motifs is 1. The second kappa shape index (κ2) is 13.5. The second-order valence-corrected chi connectivity index (χ2v) is 11.3. The van der Waals surface area contributed by atoms with E-state index in [-0.39, 0.29) is 11.5 Å². The summed E-state index contributed by atoms with van der Waals surface area (Å²) in [5.41, 5.74) is 18.5. The summed E-state index contributed by atoms with van der Waals surface area (Å²) in [5.74, 6) is 0.716. The monoisotopic (exact) mass is 454 g/mol. The predicted molar refractivity (Wildman–Crippen MR) is 150 cm³/mol. The molecular formula is C31H54N2. The molecule has 2 nitrogen and oxygen atoms in total. The van der Waals surface area contributed by atoms with Gasteiger partial charge >= 0.3 is 0 Å². The van der Waals surface area contributed by atoms with Crippen LogP contribution in [-0.2, 0) is 10.8 Å². The van der Waals surface area contributed by atoms with Crippen molar-refractivity contribution < 1.29 is 0 Å². The van der Waals surface area contributed by atoms with Crippen LogP contribution in [0.4, 0.5) is 0 Å². The third-order valence-corrected chi connectivity index (χ3v) is 7.75. The van der Waals surface area contributed by atoms with Crippen LogP contribution in [0.15, 0.2) is 35.9 Å². The highest BCUT2D eigenvalue weighted by Crippen LogP contribution is 2.46. The van der Waals surface area contributed by atoms with Crippen LogP contribution in [0.3, 0.4) is 0 Å². The average molecular weight is 455 g/mol. The Balaban J connectivity index is 0.000000801. The first-order chi connectivity index (χ1) is 15.5. The van der Waals surface area contributed by atoms with Crippen molar-refractivity contribution in [2.75, 3.05) is 6.54 Å². The molecule has 0 fully saturated rings. The number of hydrogen-bond donors (Lipinski definition) is 2. The normalized spacial score (nSPS) is 19.2. The summed E-state index contributed by atoms with van der Waals surface area (Å²) in [6.07, 6.45) is 13.4. The second-order valence-electron chi connectivity index (χ2n) is 11.3. The third-order valence-electron chi connectivity index (χ3n) is 7.75. The van der Waals surface area contributed by atoms with E-state index in [1.807, 2.05) is 6.92 Å². The quantitative estimate of drug-likeness (QED) is 0.369. The molecule has 0 saturated heterocycles. The van der Waals surface area contributed by atoms with Gasteiger partial charge in [-0.25, -0.2) is 0 Å². The Bertz CT molecular complexity index is 778. The van der Waals surface area contributed by atoms with Crippen LogP contribution in [0, 0.1) is 5.92 Å². The first kappa shape index (κ1) is 29.7. The predicted octanol–water partition coefficient (Wildman–Crippen LogP) is 8.28. The van der Waals surface area contributed by atoms with Crippen molar-refractivity contribution in [3.05, 3.63) is 52.6 Å². The first-order valence-electron chi connectivity index (χ1n) is 13.4. The summed E-state index contributed by atoms with van der Waals surface area (Å²) in [6, 6.07) is 7.47. The van der Waals surface area contributed by atoms with Crippen molar-refractivity contribution in [1.82, 2.24) is 0 Å². The highest BCUT2D eigenvalue weighted by molar-refractivity contribution is 5.75. The Labute approximate surface area is 206 Å². The largest absolute Gasteiger partial charge is 0.329 e. The van der Waals surface area contributed by atoms with Gasteiger partial charge in [0.05, 0.1) is 0 Å². The lowest BCUT2D eigenvalue weighted by atomic mass is 9.63. The lowest BCUT2D eigenvalue weighted by Gasteiger charge is -2.42. The van der Waals surface area contributed by atoms with Crippen molar-refractivity contribution in [2.45, 2.75) is 124 Å². The molecular weight excluding hydrogens is 400 g/mol.